The summed E-state index contributed by atoms with van der Waals surface area (Å²) < 4.78 is 11.3. The molecule has 4 aromatic rings. The van der Waals surface area contributed by atoms with Crippen LogP contribution in [0.15, 0.2) is 56.8 Å². The van der Waals surface area contributed by atoms with E-state index in [0.717, 1.165) is 28.1 Å². The molecule has 142 valence electrons. The largest absolute Gasteiger partial charge is 0.495 e. The number of ether oxygens (including phenoxy) is 1. The second kappa shape index (κ2) is 7.28. The molecule has 2 aromatic carbocycles. The van der Waals surface area contributed by atoms with Crippen LogP contribution in [0, 0.1) is 0 Å². The van der Waals surface area contributed by atoms with Crippen LogP contribution in [0.25, 0.3) is 21.9 Å². The normalized spacial score (nSPS) is 11.0. The summed E-state index contributed by atoms with van der Waals surface area (Å²) in [5.74, 6) is 0.369. The molecule has 28 heavy (non-hydrogen) atoms. The summed E-state index contributed by atoms with van der Waals surface area (Å²) in [4.78, 5) is 30.3. The fourth-order valence-electron chi connectivity index (χ4n) is 2.86. The predicted molar refractivity (Wildman–Crippen MR) is 109 cm³/mol. The molecule has 0 spiro atoms. The van der Waals surface area contributed by atoms with Crippen LogP contribution >= 0.6 is 11.8 Å². The number of carbonyl (C=O) groups is 1. The zero-order chi connectivity index (χ0) is 19.7. The molecule has 2 heterocycles. The molecule has 0 atom stereocenters. The van der Waals surface area contributed by atoms with Crippen LogP contribution in [0.3, 0.4) is 0 Å². The molecule has 8 nitrogen and oxygen atoms in total. The molecule has 0 saturated heterocycles. The van der Waals surface area contributed by atoms with E-state index < -0.39 is 0 Å². The maximum atomic E-state index is 12.4. The molecule has 0 aliphatic carbocycles. The number of aromatic nitrogens is 2. The minimum Gasteiger partial charge on any atom is -0.495 e. The molecule has 0 fully saturated rings. The fourth-order valence-corrected chi connectivity index (χ4v) is 3.54. The maximum Gasteiger partial charge on any atom is 0.253 e. The van der Waals surface area contributed by atoms with Crippen molar-refractivity contribution in [1.29, 1.82) is 0 Å². The van der Waals surface area contributed by atoms with Gasteiger partial charge in [0.25, 0.3) is 5.56 Å². The van der Waals surface area contributed by atoms with Gasteiger partial charge in [-0.1, -0.05) is 30.0 Å². The summed E-state index contributed by atoms with van der Waals surface area (Å²) in [7, 11) is 1.54. The first-order valence-corrected chi connectivity index (χ1v) is 9.31. The van der Waals surface area contributed by atoms with Gasteiger partial charge in [-0.15, -0.1) is 0 Å². The second-order valence-electron chi connectivity index (χ2n) is 5.96. The summed E-state index contributed by atoms with van der Waals surface area (Å²) in [5.41, 5.74) is 7.07. The molecule has 0 radical (unpaired) electrons. The van der Waals surface area contributed by atoms with Crippen molar-refractivity contribution in [2.24, 2.45) is 0 Å². The number of nitrogens with zero attached hydrogens (tertiary/aromatic N) is 1. The van der Waals surface area contributed by atoms with Gasteiger partial charge in [-0.3, -0.25) is 9.59 Å². The number of hydrogen-bond acceptors (Lipinski definition) is 7. The number of carbonyl (C=O) groups excluding carboxylic acids is 1. The highest BCUT2D eigenvalue weighted by molar-refractivity contribution is 7.99. The molecule has 4 rings (SSSR count). The van der Waals surface area contributed by atoms with E-state index in [1.54, 1.807) is 6.07 Å². The highest BCUT2D eigenvalue weighted by atomic mass is 32.2. The van der Waals surface area contributed by atoms with Crippen molar-refractivity contribution in [2.75, 3.05) is 23.9 Å². The van der Waals surface area contributed by atoms with Crippen molar-refractivity contribution in [1.82, 2.24) is 9.97 Å². The van der Waals surface area contributed by atoms with Gasteiger partial charge in [-0.25, -0.2) is 4.98 Å². The molecule has 2 aromatic heterocycles. The smallest absolute Gasteiger partial charge is 0.253 e. The quantitative estimate of drug-likeness (QED) is 0.350. The number of amides is 1. The number of nitrogen functional groups attached to an aromatic ring is 1. The molecule has 9 heteroatoms. The van der Waals surface area contributed by atoms with Crippen LogP contribution in [0.5, 0.6) is 5.75 Å². The number of hydrogen-bond donors (Lipinski definition) is 3. The van der Waals surface area contributed by atoms with E-state index in [-0.39, 0.29) is 28.2 Å². The lowest BCUT2D eigenvalue weighted by Crippen LogP contribution is -2.16. The van der Waals surface area contributed by atoms with Gasteiger partial charge < -0.3 is 25.2 Å². The lowest BCUT2D eigenvalue weighted by Gasteiger charge is -2.10. The van der Waals surface area contributed by atoms with E-state index in [0.29, 0.717) is 17.0 Å². The number of fused-ring (bicyclic) bond motifs is 3. The van der Waals surface area contributed by atoms with Crippen LogP contribution in [-0.2, 0) is 4.79 Å². The zero-order valence-electron chi connectivity index (χ0n) is 14.8. The Morgan fingerprint density at radius 2 is 2.07 bits per heavy atom. The van der Waals surface area contributed by atoms with E-state index >= 15 is 0 Å². The Labute approximate surface area is 163 Å². The summed E-state index contributed by atoms with van der Waals surface area (Å²) in [5, 5.41) is 4.96. The maximum absolute atomic E-state index is 12.4. The molecule has 0 unspecified atom stereocenters. The van der Waals surface area contributed by atoms with Gasteiger partial charge in [0.1, 0.15) is 22.7 Å². The summed E-state index contributed by atoms with van der Waals surface area (Å²) >= 11 is 1.07. The average molecular weight is 396 g/mol. The molecule has 0 aliphatic heterocycles. The van der Waals surface area contributed by atoms with Gasteiger partial charge in [-0.2, -0.15) is 0 Å². The van der Waals surface area contributed by atoms with E-state index in [9.17, 15) is 9.59 Å². The summed E-state index contributed by atoms with van der Waals surface area (Å²) in [6, 6.07) is 12.4. The SMILES string of the molecule is COc1cc2c(cc1NC(=O)CSc1nc(N)cc(=O)[nH]1)oc1ccccc12. The Hall–Kier alpha value is -3.46. The van der Waals surface area contributed by atoms with Crippen LogP contribution < -0.4 is 21.3 Å². The third kappa shape index (κ3) is 3.52. The van der Waals surface area contributed by atoms with Gasteiger partial charge in [0.2, 0.25) is 5.91 Å². The Morgan fingerprint density at radius 3 is 2.86 bits per heavy atom. The molecule has 1 amide bonds. The molecule has 0 bridgehead atoms. The summed E-state index contributed by atoms with van der Waals surface area (Å²) in [6.07, 6.45) is 0. The third-order valence-electron chi connectivity index (χ3n) is 4.05. The summed E-state index contributed by atoms with van der Waals surface area (Å²) in [6.45, 7) is 0. The first-order chi connectivity index (χ1) is 13.5. The van der Waals surface area contributed by atoms with Crippen LogP contribution in [0.2, 0.25) is 0 Å². The van der Waals surface area contributed by atoms with Gasteiger partial charge in [-0.05, 0) is 12.1 Å². The Morgan fingerprint density at radius 1 is 1.25 bits per heavy atom. The first kappa shape index (κ1) is 17.9. The van der Waals surface area contributed by atoms with Gasteiger partial charge in [0.15, 0.2) is 5.16 Å². The zero-order valence-corrected chi connectivity index (χ0v) is 15.6. The second-order valence-corrected chi connectivity index (χ2v) is 6.92. The lowest BCUT2D eigenvalue weighted by atomic mass is 10.1. The predicted octanol–water partition coefficient (Wildman–Crippen LogP) is 2.99. The number of nitrogens with one attached hydrogen (secondary N) is 2. The van der Waals surface area contributed by atoms with Crippen molar-refractivity contribution in [3.63, 3.8) is 0 Å². The first-order valence-electron chi connectivity index (χ1n) is 8.32. The van der Waals surface area contributed by atoms with Crippen molar-refractivity contribution >= 4 is 51.1 Å². The highest BCUT2D eigenvalue weighted by Gasteiger charge is 2.14. The van der Waals surface area contributed by atoms with Crippen LogP contribution in [0.1, 0.15) is 0 Å². The number of thioether (sulfide) groups is 1. The number of H-pyrrole nitrogens is 1. The Balaban J connectivity index is 1.57. The number of methoxy groups -OCH3 is 1. The number of benzene rings is 2. The fraction of sp³-hybridized carbons (Fsp3) is 0.105. The lowest BCUT2D eigenvalue weighted by molar-refractivity contribution is -0.113. The van der Waals surface area contributed by atoms with Crippen molar-refractivity contribution in [3.05, 3.63) is 52.8 Å². The van der Waals surface area contributed by atoms with Crippen molar-refractivity contribution < 1.29 is 13.9 Å². The number of para-hydroxylation sites is 1. The van der Waals surface area contributed by atoms with Gasteiger partial charge in [0.05, 0.1) is 18.6 Å². The highest BCUT2D eigenvalue weighted by Crippen LogP contribution is 2.36. The third-order valence-corrected chi connectivity index (χ3v) is 4.93. The molecule has 0 aliphatic rings. The minimum absolute atomic E-state index is 0.0354. The molecular weight excluding hydrogens is 380 g/mol. The topological polar surface area (TPSA) is 123 Å². The standard InChI is InChI=1S/C19H16N4O4S/c1-26-15-6-11-10-4-2-3-5-13(10)27-14(11)7-12(15)21-18(25)9-28-19-22-16(20)8-17(24)23-19/h2-8H,9H2,1H3,(H,21,25)(H3,20,22,23,24). The molecular formula is C19H16N4O4S. The van der Waals surface area contributed by atoms with Gasteiger partial charge >= 0.3 is 0 Å². The number of anilines is 2. The monoisotopic (exact) mass is 396 g/mol. The van der Waals surface area contributed by atoms with Crippen molar-refractivity contribution in [3.8, 4) is 5.75 Å². The Kier molecular flexibility index (Phi) is 4.66. The molecule has 0 saturated carbocycles. The van der Waals surface area contributed by atoms with Crippen LogP contribution in [0.4, 0.5) is 11.5 Å². The van der Waals surface area contributed by atoms with E-state index in [1.807, 2.05) is 30.3 Å². The number of nitrogens with two attached hydrogens (primary N) is 1. The van der Waals surface area contributed by atoms with E-state index in [1.165, 1.54) is 13.2 Å². The Bertz CT molecular complexity index is 1250. The number of rotatable bonds is 5. The van der Waals surface area contributed by atoms with Crippen LogP contribution in [-0.4, -0.2) is 28.7 Å². The minimum atomic E-state index is -0.368. The van der Waals surface area contributed by atoms with Gasteiger partial charge in [0, 0.05) is 22.9 Å². The van der Waals surface area contributed by atoms with Crippen molar-refractivity contribution in [2.45, 2.75) is 5.16 Å². The van der Waals surface area contributed by atoms with E-state index in [2.05, 4.69) is 15.3 Å². The molecule has 4 N–H and O–H groups in total. The number of aromatic amines is 1. The van der Waals surface area contributed by atoms with E-state index in [4.69, 9.17) is 14.9 Å². The number of furan rings is 1. The average Bonchev–Trinajstić information content (AvgIpc) is 3.02.